The van der Waals surface area contributed by atoms with Crippen molar-refractivity contribution < 1.29 is 9.47 Å². The second-order valence-corrected chi connectivity index (χ2v) is 4.82. The Morgan fingerprint density at radius 3 is 2.60 bits per heavy atom. The van der Waals surface area contributed by atoms with Crippen LogP contribution in [0.2, 0.25) is 0 Å². The van der Waals surface area contributed by atoms with Crippen molar-refractivity contribution in [2.75, 3.05) is 14.2 Å². The molecule has 20 heavy (non-hydrogen) atoms. The molecule has 0 fully saturated rings. The van der Waals surface area contributed by atoms with E-state index < -0.39 is 0 Å². The summed E-state index contributed by atoms with van der Waals surface area (Å²) < 4.78 is 12.8. The molecule has 1 atom stereocenters. The SMILES string of the molecule is COc1ccc(C(C)NCc2cccn2C)c(OC)c1. The number of hydrogen-bond donors (Lipinski definition) is 1. The lowest BCUT2D eigenvalue weighted by atomic mass is 10.1. The molecule has 108 valence electrons. The lowest BCUT2D eigenvalue weighted by Crippen LogP contribution is -2.20. The molecule has 0 saturated heterocycles. The Morgan fingerprint density at radius 1 is 1.20 bits per heavy atom. The molecule has 0 saturated carbocycles. The summed E-state index contributed by atoms with van der Waals surface area (Å²) >= 11 is 0. The highest BCUT2D eigenvalue weighted by atomic mass is 16.5. The van der Waals surface area contributed by atoms with Crippen LogP contribution in [0.1, 0.15) is 24.2 Å². The number of hydrogen-bond acceptors (Lipinski definition) is 3. The zero-order valence-corrected chi connectivity index (χ0v) is 12.5. The quantitative estimate of drug-likeness (QED) is 0.879. The Kier molecular flexibility index (Phi) is 4.69. The number of methoxy groups -OCH3 is 2. The van der Waals surface area contributed by atoms with Crippen LogP contribution < -0.4 is 14.8 Å². The molecule has 4 nitrogen and oxygen atoms in total. The Balaban J connectivity index is 2.08. The molecule has 2 aromatic rings. The van der Waals surface area contributed by atoms with E-state index in [1.165, 1.54) is 5.69 Å². The van der Waals surface area contributed by atoms with Gasteiger partial charge in [-0.3, -0.25) is 0 Å². The van der Waals surface area contributed by atoms with Gasteiger partial charge >= 0.3 is 0 Å². The first-order valence-electron chi connectivity index (χ1n) is 6.71. The molecule has 0 spiro atoms. The van der Waals surface area contributed by atoms with Crippen LogP contribution >= 0.6 is 0 Å². The van der Waals surface area contributed by atoms with Gasteiger partial charge in [0, 0.05) is 43.2 Å². The highest BCUT2D eigenvalue weighted by Gasteiger charge is 2.12. The molecule has 1 unspecified atom stereocenters. The van der Waals surface area contributed by atoms with E-state index in [4.69, 9.17) is 9.47 Å². The van der Waals surface area contributed by atoms with E-state index in [-0.39, 0.29) is 6.04 Å². The summed E-state index contributed by atoms with van der Waals surface area (Å²) in [7, 11) is 5.39. The van der Waals surface area contributed by atoms with Crippen molar-refractivity contribution in [2.24, 2.45) is 7.05 Å². The molecule has 0 aliphatic rings. The van der Waals surface area contributed by atoms with E-state index in [1.807, 2.05) is 18.2 Å². The zero-order valence-electron chi connectivity index (χ0n) is 12.5. The van der Waals surface area contributed by atoms with Crippen LogP contribution in [0.15, 0.2) is 36.5 Å². The van der Waals surface area contributed by atoms with E-state index >= 15 is 0 Å². The van der Waals surface area contributed by atoms with Gasteiger partial charge < -0.3 is 19.4 Å². The fourth-order valence-electron chi connectivity index (χ4n) is 2.22. The van der Waals surface area contributed by atoms with Crippen molar-refractivity contribution in [3.05, 3.63) is 47.8 Å². The number of nitrogens with one attached hydrogen (secondary N) is 1. The summed E-state index contributed by atoms with van der Waals surface area (Å²) in [5.41, 5.74) is 2.38. The van der Waals surface area contributed by atoms with E-state index in [2.05, 4.69) is 42.2 Å². The molecule has 1 heterocycles. The number of ether oxygens (including phenoxy) is 2. The summed E-state index contributed by atoms with van der Waals surface area (Å²) in [6.07, 6.45) is 2.05. The van der Waals surface area contributed by atoms with Gasteiger partial charge in [-0.1, -0.05) is 6.07 Å². The number of aryl methyl sites for hydroxylation is 1. The number of benzene rings is 1. The topological polar surface area (TPSA) is 35.4 Å². The van der Waals surface area contributed by atoms with Crippen molar-refractivity contribution in [1.29, 1.82) is 0 Å². The molecular formula is C16H22N2O2. The second kappa shape index (κ2) is 6.48. The van der Waals surface area contributed by atoms with Crippen molar-refractivity contribution in [2.45, 2.75) is 19.5 Å². The molecule has 1 aromatic heterocycles. The minimum atomic E-state index is 0.200. The van der Waals surface area contributed by atoms with Crippen LogP contribution in [0.25, 0.3) is 0 Å². The molecule has 0 amide bonds. The average Bonchev–Trinajstić information content (AvgIpc) is 2.89. The van der Waals surface area contributed by atoms with E-state index in [1.54, 1.807) is 14.2 Å². The van der Waals surface area contributed by atoms with E-state index in [9.17, 15) is 0 Å². The molecule has 0 aliphatic carbocycles. The summed E-state index contributed by atoms with van der Waals surface area (Å²) in [5, 5.41) is 3.51. The molecule has 0 radical (unpaired) electrons. The molecular weight excluding hydrogens is 252 g/mol. The normalized spacial score (nSPS) is 12.2. The van der Waals surface area contributed by atoms with Crippen molar-refractivity contribution in [3.63, 3.8) is 0 Å². The monoisotopic (exact) mass is 274 g/mol. The van der Waals surface area contributed by atoms with E-state index in [0.717, 1.165) is 23.6 Å². The third kappa shape index (κ3) is 3.14. The minimum absolute atomic E-state index is 0.200. The van der Waals surface area contributed by atoms with Gasteiger partial charge in [-0.05, 0) is 25.1 Å². The first-order chi connectivity index (χ1) is 9.65. The molecule has 2 rings (SSSR count). The Morgan fingerprint density at radius 2 is 2.00 bits per heavy atom. The summed E-state index contributed by atoms with van der Waals surface area (Å²) in [6.45, 7) is 2.95. The van der Waals surface area contributed by atoms with Crippen LogP contribution in [-0.2, 0) is 13.6 Å². The third-order valence-corrected chi connectivity index (χ3v) is 3.55. The van der Waals surface area contributed by atoms with Crippen molar-refractivity contribution >= 4 is 0 Å². The predicted molar refractivity (Wildman–Crippen MR) is 80.2 cm³/mol. The maximum Gasteiger partial charge on any atom is 0.127 e. The second-order valence-electron chi connectivity index (χ2n) is 4.82. The van der Waals surface area contributed by atoms with Crippen LogP contribution in [0, 0.1) is 0 Å². The van der Waals surface area contributed by atoms with Gasteiger partial charge in [0.2, 0.25) is 0 Å². The largest absolute Gasteiger partial charge is 0.497 e. The molecule has 4 heteroatoms. The van der Waals surface area contributed by atoms with Gasteiger partial charge in [-0.25, -0.2) is 0 Å². The summed E-state index contributed by atoms with van der Waals surface area (Å²) in [5.74, 6) is 1.65. The summed E-state index contributed by atoms with van der Waals surface area (Å²) in [4.78, 5) is 0. The maximum atomic E-state index is 5.44. The van der Waals surface area contributed by atoms with Gasteiger partial charge in [0.25, 0.3) is 0 Å². The van der Waals surface area contributed by atoms with Gasteiger partial charge in [0.1, 0.15) is 11.5 Å². The summed E-state index contributed by atoms with van der Waals surface area (Å²) in [6, 6.07) is 10.3. The van der Waals surface area contributed by atoms with Gasteiger partial charge in [0.15, 0.2) is 0 Å². The number of rotatable bonds is 6. The third-order valence-electron chi connectivity index (χ3n) is 3.55. The van der Waals surface area contributed by atoms with Crippen LogP contribution in [0.3, 0.4) is 0 Å². The maximum absolute atomic E-state index is 5.44. The fourth-order valence-corrected chi connectivity index (χ4v) is 2.22. The Hall–Kier alpha value is -1.94. The standard InChI is InChI=1S/C16H22N2O2/c1-12(17-11-13-6-5-9-18(13)2)15-8-7-14(19-3)10-16(15)20-4/h5-10,12,17H,11H2,1-4H3. The first-order valence-corrected chi connectivity index (χ1v) is 6.71. The minimum Gasteiger partial charge on any atom is -0.497 e. The van der Waals surface area contributed by atoms with Crippen molar-refractivity contribution in [1.82, 2.24) is 9.88 Å². The average molecular weight is 274 g/mol. The fraction of sp³-hybridized carbons (Fsp3) is 0.375. The molecule has 0 aliphatic heterocycles. The number of nitrogens with zero attached hydrogens (tertiary/aromatic N) is 1. The van der Waals surface area contributed by atoms with Gasteiger partial charge in [0.05, 0.1) is 14.2 Å². The zero-order chi connectivity index (χ0) is 14.5. The molecule has 1 N–H and O–H groups in total. The van der Waals surface area contributed by atoms with Crippen molar-refractivity contribution in [3.8, 4) is 11.5 Å². The van der Waals surface area contributed by atoms with Crippen LogP contribution in [-0.4, -0.2) is 18.8 Å². The molecule has 0 bridgehead atoms. The van der Waals surface area contributed by atoms with E-state index in [0.29, 0.717) is 0 Å². The lowest BCUT2D eigenvalue weighted by molar-refractivity contribution is 0.385. The highest BCUT2D eigenvalue weighted by Crippen LogP contribution is 2.29. The highest BCUT2D eigenvalue weighted by molar-refractivity contribution is 5.42. The Bertz CT molecular complexity index is 563. The van der Waals surface area contributed by atoms with Crippen LogP contribution in [0.4, 0.5) is 0 Å². The number of aromatic nitrogens is 1. The molecule has 1 aromatic carbocycles. The predicted octanol–water partition coefficient (Wildman–Crippen LogP) is 2.89. The smallest absolute Gasteiger partial charge is 0.127 e. The first kappa shape index (κ1) is 14.5. The van der Waals surface area contributed by atoms with Gasteiger partial charge in [-0.2, -0.15) is 0 Å². The Labute approximate surface area is 120 Å². The van der Waals surface area contributed by atoms with Gasteiger partial charge in [-0.15, -0.1) is 0 Å². The lowest BCUT2D eigenvalue weighted by Gasteiger charge is -2.18. The van der Waals surface area contributed by atoms with Crippen LogP contribution in [0.5, 0.6) is 11.5 Å².